The second kappa shape index (κ2) is 17.0. The van der Waals surface area contributed by atoms with Crippen molar-refractivity contribution >= 4 is 5.90 Å². The largest absolute Gasteiger partial charge is 0.479 e. The van der Waals surface area contributed by atoms with E-state index in [-0.39, 0.29) is 12.1 Å². The van der Waals surface area contributed by atoms with E-state index in [1.54, 1.807) is 0 Å². The quantitative estimate of drug-likeness (QED) is 0.597. The summed E-state index contributed by atoms with van der Waals surface area (Å²) in [4.78, 5) is 3.93. The number of ether oxygens (including phenoxy) is 5. The van der Waals surface area contributed by atoms with Gasteiger partial charge in [0.1, 0.15) is 6.61 Å². The fraction of sp³-hybridized carbons (Fsp3) is 0.957. The summed E-state index contributed by atoms with van der Waals surface area (Å²) in [5, 5.41) is 0. The van der Waals surface area contributed by atoms with Crippen molar-refractivity contribution < 1.29 is 23.7 Å². The van der Waals surface area contributed by atoms with Gasteiger partial charge < -0.3 is 23.7 Å². The van der Waals surface area contributed by atoms with Gasteiger partial charge in [-0.05, 0) is 46.0 Å². The molecule has 0 aromatic heterocycles. The van der Waals surface area contributed by atoms with Crippen LogP contribution in [0.3, 0.4) is 0 Å². The van der Waals surface area contributed by atoms with E-state index in [0.29, 0.717) is 0 Å². The highest BCUT2D eigenvalue weighted by Crippen LogP contribution is 2.16. The molecule has 2 saturated heterocycles. The minimum absolute atomic E-state index is 0.0769. The van der Waals surface area contributed by atoms with Crippen LogP contribution in [0.5, 0.6) is 0 Å². The van der Waals surface area contributed by atoms with Crippen molar-refractivity contribution in [3.63, 3.8) is 0 Å². The van der Waals surface area contributed by atoms with E-state index in [0.717, 1.165) is 58.3 Å². The molecule has 0 aromatic carbocycles. The Morgan fingerprint density at radius 3 is 1.69 bits per heavy atom. The van der Waals surface area contributed by atoms with E-state index in [2.05, 4.69) is 11.9 Å². The molecule has 2 fully saturated rings. The van der Waals surface area contributed by atoms with Gasteiger partial charge in [-0.15, -0.1) is 0 Å². The molecule has 3 rings (SSSR count). The molecule has 6 heteroatoms. The van der Waals surface area contributed by atoms with Crippen molar-refractivity contribution in [1.82, 2.24) is 0 Å². The molecule has 3 aliphatic rings. The molecular weight excluding hydrogens is 370 g/mol. The summed E-state index contributed by atoms with van der Waals surface area (Å²) in [6, 6.07) is 0. The third kappa shape index (κ3) is 15.8. The Bertz CT molecular complexity index is 392. The molecule has 0 N–H and O–H groups in total. The van der Waals surface area contributed by atoms with Crippen LogP contribution in [-0.4, -0.2) is 57.6 Å². The zero-order chi connectivity index (χ0) is 21.2. The average Bonchev–Trinajstić information content (AvgIpc) is 3.23. The second-order valence-corrected chi connectivity index (χ2v) is 8.13. The molecule has 0 aromatic rings. The lowest BCUT2D eigenvalue weighted by atomic mass is 10.2. The van der Waals surface area contributed by atoms with Gasteiger partial charge in [0.05, 0.1) is 6.54 Å². The minimum atomic E-state index is -0.357. The van der Waals surface area contributed by atoms with Crippen LogP contribution in [-0.2, 0) is 23.7 Å². The highest BCUT2D eigenvalue weighted by Gasteiger charge is 2.18. The van der Waals surface area contributed by atoms with Crippen molar-refractivity contribution in [1.29, 1.82) is 0 Å². The van der Waals surface area contributed by atoms with Crippen LogP contribution >= 0.6 is 0 Å². The molecule has 0 saturated carbocycles. The van der Waals surface area contributed by atoms with Gasteiger partial charge in [0.2, 0.25) is 0 Å². The summed E-state index contributed by atoms with van der Waals surface area (Å²) >= 11 is 0. The second-order valence-electron chi connectivity index (χ2n) is 8.13. The van der Waals surface area contributed by atoms with Crippen LogP contribution in [0.4, 0.5) is 0 Å². The van der Waals surface area contributed by atoms with E-state index in [1.807, 2.05) is 20.8 Å². The average molecular weight is 416 g/mol. The van der Waals surface area contributed by atoms with Crippen molar-refractivity contribution in [3.05, 3.63) is 0 Å². The lowest BCUT2D eigenvalue weighted by Crippen LogP contribution is -2.28. The molecule has 0 atom stereocenters. The standard InChI is InChI=1S/C10H20O2.C9H18O2.C4H7NO/c1-2-7-10-11-8-5-3-4-6-9-12-10;1-9(2)10-7-5-3-4-6-8-11-9;1-4-5-2-3-6-4/h10H,2-9H2,1H3;3-8H2,1-2H3;2-3H2,1H3. The fourth-order valence-electron chi connectivity index (χ4n) is 3.12. The third-order valence-corrected chi connectivity index (χ3v) is 4.85. The van der Waals surface area contributed by atoms with Crippen LogP contribution in [0.1, 0.15) is 91.9 Å². The highest BCUT2D eigenvalue weighted by molar-refractivity contribution is 5.74. The van der Waals surface area contributed by atoms with Gasteiger partial charge in [-0.1, -0.05) is 39.0 Å². The Labute approximate surface area is 178 Å². The lowest BCUT2D eigenvalue weighted by Gasteiger charge is -2.24. The number of aliphatic imine (C=N–C) groups is 1. The summed E-state index contributed by atoms with van der Waals surface area (Å²) in [7, 11) is 0. The fourth-order valence-corrected chi connectivity index (χ4v) is 3.12. The third-order valence-electron chi connectivity index (χ3n) is 4.85. The number of hydrogen-bond acceptors (Lipinski definition) is 6. The first-order valence-electron chi connectivity index (χ1n) is 11.7. The molecule has 0 unspecified atom stereocenters. The van der Waals surface area contributed by atoms with Gasteiger partial charge >= 0.3 is 0 Å². The summed E-state index contributed by atoms with van der Waals surface area (Å²) in [6.07, 6.45) is 12.1. The monoisotopic (exact) mass is 415 g/mol. The summed E-state index contributed by atoms with van der Waals surface area (Å²) < 4.78 is 27.1. The zero-order valence-electron chi connectivity index (χ0n) is 19.4. The van der Waals surface area contributed by atoms with E-state index in [1.165, 1.54) is 51.4 Å². The maximum atomic E-state index is 5.58. The number of hydrogen-bond donors (Lipinski definition) is 0. The molecule has 0 spiro atoms. The normalized spacial score (nSPS) is 23.7. The number of rotatable bonds is 2. The van der Waals surface area contributed by atoms with Crippen molar-refractivity contribution in [2.45, 2.75) is 104 Å². The first-order valence-corrected chi connectivity index (χ1v) is 11.7. The lowest BCUT2D eigenvalue weighted by molar-refractivity contribution is -0.211. The predicted molar refractivity (Wildman–Crippen MR) is 117 cm³/mol. The maximum absolute atomic E-state index is 5.58. The minimum Gasteiger partial charge on any atom is -0.479 e. The van der Waals surface area contributed by atoms with Crippen LogP contribution in [0.2, 0.25) is 0 Å². The van der Waals surface area contributed by atoms with Gasteiger partial charge in [-0.2, -0.15) is 0 Å². The van der Waals surface area contributed by atoms with E-state index >= 15 is 0 Å². The van der Waals surface area contributed by atoms with E-state index < -0.39 is 0 Å². The first-order chi connectivity index (χ1) is 14.0. The molecule has 0 aliphatic carbocycles. The maximum Gasteiger partial charge on any atom is 0.180 e. The number of nitrogens with zero attached hydrogens (tertiary/aromatic N) is 1. The molecule has 29 heavy (non-hydrogen) atoms. The van der Waals surface area contributed by atoms with Crippen LogP contribution in [0.25, 0.3) is 0 Å². The molecule has 172 valence electrons. The Morgan fingerprint density at radius 2 is 1.31 bits per heavy atom. The van der Waals surface area contributed by atoms with Crippen LogP contribution in [0, 0.1) is 0 Å². The molecular formula is C23H45NO5. The van der Waals surface area contributed by atoms with Gasteiger partial charge in [0.15, 0.2) is 18.0 Å². The highest BCUT2D eigenvalue weighted by atomic mass is 16.7. The van der Waals surface area contributed by atoms with Gasteiger partial charge in [0, 0.05) is 33.4 Å². The SMILES string of the molecule is CC1(C)OCCCCCCO1.CC1=NCCO1.CCCC1OCCCCCCO1. The van der Waals surface area contributed by atoms with E-state index in [9.17, 15) is 0 Å². The van der Waals surface area contributed by atoms with Gasteiger partial charge in [-0.3, -0.25) is 4.99 Å². The molecule has 0 radical (unpaired) electrons. The summed E-state index contributed by atoms with van der Waals surface area (Å²) in [5.41, 5.74) is 0. The first kappa shape index (κ1) is 26.3. The topological polar surface area (TPSA) is 58.5 Å². The van der Waals surface area contributed by atoms with Crippen molar-refractivity contribution in [2.75, 3.05) is 39.6 Å². The van der Waals surface area contributed by atoms with Crippen LogP contribution < -0.4 is 0 Å². The van der Waals surface area contributed by atoms with Crippen molar-refractivity contribution in [2.24, 2.45) is 4.99 Å². The van der Waals surface area contributed by atoms with Crippen molar-refractivity contribution in [3.8, 4) is 0 Å². The molecule has 0 bridgehead atoms. The Hall–Kier alpha value is -0.690. The summed E-state index contributed by atoms with van der Waals surface area (Å²) in [5.74, 6) is 0.472. The zero-order valence-corrected chi connectivity index (χ0v) is 19.4. The smallest absolute Gasteiger partial charge is 0.180 e. The Morgan fingerprint density at radius 1 is 0.793 bits per heavy atom. The molecule has 3 aliphatic heterocycles. The van der Waals surface area contributed by atoms with E-state index in [4.69, 9.17) is 23.7 Å². The molecule has 3 heterocycles. The molecule has 0 amide bonds. The van der Waals surface area contributed by atoms with Gasteiger partial charge in [0.25, 0.3) is 0 Å². The Kier molecular flexibility index (Phi) is 15.5. The van der Waals surface area contributed by atoms with Gasteiger partial charge in [-0.25, -0.2) is 0 Å². The van der Waals surface area contributed by atoms with Crippen LogP contribution in [0.15, 0.2) is 4.99 Å². The molecule has 6 nitrogen and oxygen atoms in total. The summed E-state index contributed by atoms with van der Waals surface area (Å²) in [6.45, 7) is 13.1. The Balaban J connectivity index is 0.000000229. The predicted octanol–water partition coefficient (Wildman–Crippen LogP) is 5.48.